The zero-order chi connectivity index (χ0) is 22.8. The highest BCUT2D eigenvalue weighted by atomic mass is 16.2. The van der Waals surface area contributed by atoms with E-state index in [1.165, 1.54) is 0 Å². The molecule has 0 aliphatic heterocycles. The number of H-pyrrole nitrogens is 1. The molecule has 0 radical (unpaired) electrons. The lowest BCUT2D eigenvalue weighted by molar-refractivity contribution is -0.115. The van der Waals surface area contributed by atoms with Crippen molar-refractivity contribution in [1.29, 1.82) is 0 Å². The monoisotopic (exact) mass is 439 g/mol. The van der Waals surface area contributed by atoms with Crippen LogP contribution in [0, 0.1) is 6.92 Å². The number of aryl methyl sites for hydroxylation is 1. The number of benzene rings is 2. The van der Waals surface area contributed by atoms with Gasteiger partial charge in [-0.05, 0) is 48.2 Å². The van der Waals surface area contributed by atoms with Crippen molar-refractivity contribution in [3.63, 3.8) is 0 Å². The van der Waals surface area contributed by atoms with Crippen LogP contribution < -0.4 is 10.6 Å². The van der Waals surface area contributed by atoms with Crippen molar-refractivity contribution in [2.45, 2.75) is 38.1 Å². The highest BCUT2D eigenvalue weighted by Crippen LogP contribution is 2.36. The lowest BCUT2D eigenvalue weighted by atomic mass is 9.78. The van der Waals surface area contributed by atoms with E-state index in [4.69, 9.17) is 0 Å². The van der Waals surface area contributed by atoms with E-state index >= 15 is 0 Å². The molecule has 0 atom stereocenters. The number of carbonyl (C=O) groups is 2. The standard InChI is InChI=1S/C26H25N5O2/c1-16-5-4-8-22(27-16)26(33)28-21-13-20(14-21)23-15-24(31-30-23)29-25(32)12-17-9-10-18-6-2-3-7-19(18)11-17/h2-11,15,20-21H,12-14H2,1H3,(H,28,33)(H2,29,30,31,32). The molecule has 2 heterocycles. The topological polar surface area (TPSA) is 99.8 Å². The van der Waals surface area contributed by atoms with Gasteiger partial charge in [-0.25, -0.2) is 4.98 Å². The Balaban J connectivity index is 1.12. The number of amides is 2. The van der Waals surface area contributed by atoms with E-state index in [0.29, 0.717) is 11.5 Å². The number of nitrogens with one attached hydrogen (secondary N) is 3. The molecule has 1 fully saturated rings. The molecular weight excluding hydrogens is 414 g/mol. The normalized spacial score (nSPS) is 17.4. The maximum Gasteiger partial charge on any atom is 0.270 e. The quantitative estimate of drug-likeness (QED) is 0.421. The molecule has 33 heavy (non-hydrogen) atoms. The van der Waals surface area contributed by atoms with Crippen LogP contribution in [-0.4, -0.2) is 33.0 Å². The van der Waals surface area contributed by atoms with Crippen LogP contribution in [-0.2, 0) is 11.2 Å². The van der Waals surface area contributed by atoms with Gasteiger partial charge in [-0.3, -0.25) is 14.7 Å². The molecule has 0 saturated heterocycles. The molecule has 0 bridgehead atoms. The molecule has 0 unspecified atom stereocenters. The van der Waals surface area contributed by atoms with Crippen molar-refractivity contribution < 1.29 is 9.59 Å². The van der Waals surface area contributed by atoms with Crippen molar-refractivity contribution in [2.75, 3.05) is 5.32 Å². The molecule has 2 amide bonds. The number of nitrogens with zero attached hydrogens (tertiary/aromatic N) is 2. The average Bonchev–Trinajstić information content (AvgIpc) is 3.23. The third-order valence-electron chi connectivity index (χ3n) is 6.08. The fourth-order valence-corrected chi connectivity index (χ4v) is 4.25. The minimum Gasteiger partial charge on any atom is -0.348 e. The fraction of sp³-hybridized carbons (Fsp3) is 0.231. The van der Waals surface area contributed by atoms with Gasteiger partial charge in [0.05, 0.1) is 6.42 Å². The Morgan fingerprint density at radius 3 is 2.64 bits per heavy atom. The molecule has 2 aromatic heterocycles. The number of aromatic amines is 1. The van der Waals surface area contributed by atoms with Gasteiger partial charge in [0.2, 0.25) is 5.91 Å². The first-order chi connectivity index (χ1) is 16.0. The highest BCUT2D eigenvalue weighted by molar-refractivity contribution is 5.93. The number of hydrogen-bond donors (Lipinski definition) is 3. The molecule has 3 N–H and O–H groups in total. The summed E-state index contributed by atoms with van der Waals surface area (Å²) >= 11 is 0. The van der Waals surface area contributed by atoms with E-state index in [1.807, 2.05) is 61.5 Å². The van der Waals surface area contributed by atoms with Gasteiger partial charge in [-0.15, -0.1) is 0 Å². The summed E-state index contributed by atoms with van der Waals surface area (Å²) in [6.07, 6.45) is 1.94. The predicted molar refractivity (Wildman–Crippen MR) is 127 cm³/mol. The van der Waals surface area contributed by atoms with Gasteiger partial charge in [0, 0.05) is 29.4 Å². The second kappa shape index (κ2) is 8.86. The SMILES string of the molecule is Cc1cccc(C(=O)NC2CC(c3cc(NC(=O)Cc4ccc5ccccc5c4)n[nH]3)C2)n1. The Kier molecular flexibility index (Phi) is 5.60. The van der Waals surface area contributed by atoms with Crippen LogP contribution in [0.25, 0.3) is 10.8 Å². The zero-order valence-corrected chi connectivity index (χ0v) is 18.3. The maximum atomic E-state index is 12.5. The van der Waals surface area contributed by atoms with Crippen LogP contribution >= 0.6 is 0 Å². The Morgan fingerprint density at radius 2 is 1.82 bits per heavy atom. The van der Waals surface area contributed by atoms with E-state index in [2.05, 4.69) is 31.9 Å². The number of pyridine rings is 1. The van der Waals surface area contributed by atoms with E-state index in [9.17, 15) is 9.59 Å². The van der Waals surface area contributed by atoms with Gasteiger partial charge in [0.25, 0.3) is 5.91 Å². The van der Waals surface area contributed by atoms with Gasteiger partial charge in [-0.2, -0.15) is 5.10 Å². The largest absolute Gasteiger partial charge is 0.348 e. The second-order valence-electron chi connectivity index (χ2n) is 8.62. The highest BCUT2D eigenvalue weighted by Gasteiger charge is 2.33. The summed E-state index contributed by atoms with van der Waals surface area (Å²) in [4.78, 5) is 29.1. The molecule has 0 spiro atoms. The molecule has 7 nitrogen and oxygen atoms in total. The molecular formula is C26H25N5O2. The number of fused-ring (bicyclic) bond motifs is 1. The number of anilines is 1. The first-order valence-corrected chi connectivity index (χ1v) is 11.1. The first kappa shape index (κ1) is 20.9. The van der Waals surface area contributed by atoms with Crippen molar-refractivity contribution in [2.24, 2.45) is 0 Å². The molecule has 7 heteroatoms. The van der Waals surface area contributed by atoms with E-state index in [0.717, 1.165) is 40.6 Å². The first-order valence-electron chi connectivity index (χ1n) is 11.1. The van der Waals surface area contributed by atoms with Crippen molar-refractivity contribution in [3.8, 4) is 0 Å². The minimum atomic E-state index is -0.145. The third kappa shape index (κ3) is 4.77. The molecule has 5 rings (SSSR count). The van der Waals surface area contributed by atoms with Crippen molar-refractivity contribution in [3.05, 3.63) is 89.4 Å². The number of rotatable bonds is 6. The van der Waals surface area contributed by atoms with E-state index < -0.39 is 0 Å². The molecule has 166 valence electrons. The van der Waals surface area contributed by atoms with Crippen LogP contribution in [0.3, 0.4) is 0 Å². The summed E-state index contributed by atoms with van der Waals surface area (Å²) in [6.45, 7) is 1.87. The van der Waals surface area contributed by atoms with Gasteiger partial charge in [-0.1, -0.05) is 48.5 Å². The Bertz CT molecular complexity index is 1320. The van der Waals surface area contributed by atoms with Crippen LogP contribution in [0.5, 0.6) is 0 Å². The summed E-state index contributed by atoms with van der Waals surface area (Å²) in [5.74, 6) is 0.549. The number of hydrogen-bond acceptors (Lipinski definition) is 4. The third-order valence-corrected chi connectivity index (χ3v) is 6.08. The van der Waals surface area contributed by atoms with Crippen molar-refractivity contribution in [1.82, 2.24) is 20.5 Å². The van der Waals surface area contributed by atoms with Crippen LogP contribution in [0.2, 0.25) is 0 Å². The Morgan fingerprint density at radius 1 is 1.00 bits per heavy atom. The van der Waals surface area contributed by atoms with Gasteiger partial charge in [0.1, 0.15) is 5.69 Å². The summed E-state index contributed by atoms with van der Waals surface area (Å²) in [5, 5.41) is 15.4. The summed E-state index contributed by atoms with van der Waals surface area (Å²) in [6, 6.07) is 21.6. The second-order valence-corrected chi connectivity index (χ2v) is 8.62. The molecule has 2 aromatic carbocycles. The average molecular weight is 440 g/mol. The van der Waals surface area contributed by atoms with Gasteiger partial charge < -0.3 is 10.6 Å². The predicted octanol–water partition coefficient (Wildman–Crippen LogP) is 4.12. The van der Waals surface area contributed by atoms with Crippen LogP contribution in [0.15, 0.2) is 66.7 Å². The summed E-state index contributed by atoms with van der Waals surface area (Å²) < 4.78 is 0. The number of aromatic nitrogens is 3. The van der Waals surface area contributed by atoms with E-state index in [-0.39, 0.29) is 30.2 Å². The molecule has 1 aliphatic rings. The maximum absolute atomic E-state index is 12.5. The summed E-state index contributed by atoms with van der Waals surface area (Å²) in [7, 11) is 0. The zero-order valence-electron chi connectivity index (χ0n) is 18.3. The smallest absolute Gasteiger partial charge is 0.270 e. The van der Waals surface area contributed by atoms with E-state index in [1.54, 1.807) is 6.07 Å². The van der Waals surface area contributed by atoms with Gasteiger partial charge >= 0.3 is 0 Å². The molecule has 4 aromatic rings. The Hall–Kier alpha value is -4.00. The van der Waals surface area contributed by atoms with Crippen molar-refractivity contribution >= 4 is 28.4 Å². The van der Waals surface area contributed by atoms with Crippen LogP contribution in [0.1, 0.15) is 46.2 Å². The minimum absolute atomic E-state index is 0.104. The number of carbonyl (C=O) groups excluding carboxylic acids is 2. The fourth-order valence-electron chi connectivity index (χ4n) is 4.25. The lowest BCUT2D eigenvalue weighted by Crippen LogP contribution is -2.43. The lowest BCUT2D eigenvalue weighted by Gasteiger charge is -2.34. The van der Waals surface area contributed by atoms with Crippen LogP contribution in [0.4, 0.5) is 5.82 Å². The Labute approximate surface area is 191 Å². The molecule has 1 aliphatic carbocycles. The molecule has 1 saturated carbocycles. The summed E-state index contributed by atoms with van der Waals surface area (Å²) in [5.41, 5.74) is 3.19. The van der Waals surface area contributed by atoms with Gasteiger partial charge in [0.15, 0.2) is 5.82 Å².